The van der Waals surface area contributed by atoms with Gasteiger partial charge in [0.2, 0.25) is 0 Å². The van der Waals surface area contributed by atoms with Gasteiger partial charge in [-0.1, -0.05) is 13.0 Å². The highest BCUT2D eigenvalue weighted by Crippen LogP contribution is 2.31. The van der Waals surface area contributed by atoms with Crippen LogP contribution in [0.3, 0.4) is 0 Å². The molecule has 0 aliphatic heterocycles. The third-order valence-corrected chi connectivity index (χ3v) is 3.83. The van der Waals surface area contributed by atoms with Crippen molar-refractivity contribution in [3.63, 3.8) is 0 Å². The van der Waals surface area contributed by atoms with Crippen LogP contribution < -0.4 is 5.73 Å². The standard InChI is InChI=1S/C14H23FN2/c1-6-14(3,17(4)5)13(16)11-7-10(2)8-12(15)9-11/h7-9,13H,6,16H2,1-5H3. The van der Waals surface area contributed by atoms with Crippen molar-refractivity contribution in [2.45, 2.75) is 38.8 Å². The van der Waals surface area contributed by atoms with E-state index >= 15 is 0 Å². The van der Waals surface area contributed by atoms with E-state index in [1.807, 2.05) is 27.1 Å². The second-order valence-corrected chi connectivity index (χ2v) is 5.14. The molecule has 0 bridgehead atoms. The van der Waals surface area contributed by atoms with Gasteiger partial charge in [-0.3, -0.25) is 0 Å². The zero-order valence-electron chi connectivity index (χ0n) is 11.4. The molecule has 1 aromatic rings. The number of likely N-dealkylation sites (N-methyl/N-ethyl adjacent to an activating group) is 1. The molecule has 3 heteroatoms. The number of hydrogen-bond acceptors (Lipinski definition) is 2. The minimum absolute atomic E-state index is 0.166. The third-order valence-electron chi connectivity index (χ3n) is 3.83. The number of aryl methyl sites for hydroxylation is 1. The summed E-state index contributed by atoms with van der Waals surface area (Å²) in [7, 11) is 4.02. The number of rotatable bonds is 4. The van der Waals surface area contributed by atoms with Gasteiger partial charge in [0.1, 0.15) is 5.82 Å². The van der Waals surface area contributed by atoms with E-state index in [0.29, 0.717) is 0 Å². The fraction of sp³-hybridized carbons (Fsp3) is 0.571. The first kappa shape index (κ1) is 14.1. The quantitative estimate of drug-likeness (QED) is 0.874. The highest BCUT2D eigenvalue weighted by Gasteiger charge is 2.33. The molecule has 17 heavy (non-hydrogen) atoms. The molecule has 2 N–H and O–H groups in total. The summed E-state index contributed by atoms with van der Waals surface area (Å²) in [4.78, 5) is 2.11. The number of benzene rings is 1. The molecule has 0 aliphatic carbocycles. The Balaban J connectivity index is 3.14. The number of hydrogen-bond donors (Lipinski definition) is 1. The van der Waals surface area contributed by atoms with Crippen LogP contribution in [0.1, 0.15) is 37.4 Å². The van der Waals surface area contributed by atoms with Gasteiger partial charge in [-0.25, -0.2) is 4.39 Å². The van der Waals surface area contributed by atoms with Gasteiger partial charge in [-0.15, -0.1) is 0 Å². The van der Waals surface area contributed by atoms with Gasteiger partial charge in [-0.05, 0) is 57.6 Å². The summed E-state index contributed by atoms with van der Waals surface area (Å²) in [5.74, 6) is -0.215. The normalized spacial score (nSPS) is 16.9. The Kier molecular flexibility index (Phi) is 4.28. The Bertz CT molecular complexity index is 370. The average Bonchev–Trinajstić information content (AvgIpc) is 2.25. The molecule has 96 valence electrons. The smallest absolute Gasteiger partial charge is 0.123 e. The third kappa shape index (κ3) is 2.85. The lowest BCUT2D eigenvalue weighted by Gasteiger charge is -2.41. The van der Waals surface area contributed by atoms with Gasteiger partial charge >= 0.3 is 0 Å². The number of nitrogens with zero attached hydrogens (tertiary/aromatic N) is 1. The Hall–Kier alpha value is -0.930. The summed E-state index contributed by atoms with van der Waals surface area (Å²) >= 11 is 0. The van der Waals surface area contributed by atoms with E-state index in [1.165, 1.54) is 12.1 Å². The van der Waals surface area contributed by atoms with Crippen LogP contribution in [0.4, 0.5) is 4.39 Å². The lowest BCUT2D eigenvalue weighted by molar-refractivity contribution is 0.132. The number of nitrogens with two attached hydrogens (primary N) is 1. The molecular weight excluding hydrogens is 215 g/mol. The van der Waals surface area contributed by atoms with Crippen molar-refractivity contribution >= 4 is 0 Å². The van der Waals surface area contributed by atoms with Crippen molar-refractivity contribution in [3.05, 3.63) is 35.1 Å². The van der Waals surface area contributed by atoms with Crippen LogP contribution >= 0.6 is 0 Å². The molecule has 2 unspecified atom stereocenters. The molecule has 0 aliphatic rings. The van der Waals surface area contributed by atoms with Gasteiger partial charge in [0.15, 0.2) is 0 Å². The van der Waals surface area contributed by atoms with Gasteiger partial charge in [0.05, 0.1) is 0 Å². The minimum atomic E-state index is -0.215. The molecule has 0 aromatic heterocycles. The molecule has 0 amide bonds. The molecule has 1 aromatic carbocycles. The predicted molar refractivity (Wildman–Crippen MR) is 70.4 cm³/mol. The van der Waals surface area contributed by atoms with E-state index in [4.69, 9.17) is 5.73 Å². The highest BCUT2D eigenvalue weighted by molar-refractivity contribution is 5.28. The van der Waals surface area contributed by atoms with E-state index in [2.05, 4.69) is 18.7 Å². The van der Waals surface area contributed by atoms with E-state index in [-0.39, 0.29) is 17.4 Å². The molecule has 0 radical (unpaired) electrons. The molecule has 1 rings (SSSR count). The van der Waals surface area contributed by atoms with E-state index in [9.17, 15) is 4.39 Å². The van der Waals surface area contributed by atoms with Crippen molar-refractivity contribution in [1.82, 2.24) is 4.90 Å². The lowest BCUT2D eigenvalue weighted by Crippen LogP contribution is -2.49. The van der Waals surface area contributed by atoms with Crippen LogP contribution in [0, 0.1) is 12.7 Å². The minimum Gasteiger partial charge on any atom is -0.322 e. The van der Waals surface area contributed by atoms with Crippen LogP contribution in [-0.4, -0.2) is 24.5 Å². The summed E-state index contributed by atoms with van der Waals surface area (Å²) in [6.45, 7) is 6.10. The van der Waals surface area contributed by atoms with Crippen LogP contribution in [-0.2, 0) is 0 Å². The van der Waals surface area contributed by atoms with Crippen molar-refractivity contribution in [1.29, 1.82) is 0 Å². The molecule has 2 atom stereocenters. The molecule has 0 saturated heterocycles. The van der Waals surface area contributed by atoms with Crippen LogP contribution in [0.2, 0.25) is 0 Å². The summed E-state index contributed by atoms with van der Waals surface area (Å²) in [5.41, 5.74) is 7.92. The van der Waals surface area contributed by atoms with Crippen molar-refractivity contribution in [2.24, 2.45) is 5.73 Å². The zero-order chi connectivity index (χ0) is 13.2. The van der Waals surface area contributed by atoms with Gasteiger partial charge in [0, 0.05) is 11.6 Å². The molecule has 0 spiro atoms. The Labute approximate surface area is 104 Å². The maximum atomic E-state index is 13.4. The van der Waals surface area contributed by atoms with Crippen molar-refractivity contribution in [2.75, 3.05) is 14.1 Å². The van der Waals surface area contributed by atoms with Crippen LogP contribution in [0.25, 0.3) is 0 Å². The second-order valence-electron chi connectivity index (χ2n) is 5.14. The summed E-state index contributed by atoms with van der Waals surface area (Å²) in [6, 6.07) is 4.83. The van der Waals surface area contributed by atoms with Gasteiger partial charge in [0.25, 0.3) is 0 Å². The predicted octanol–water partition coefficient (Wildman–Crippen LogP) is 2.86. The van der Waals surface area contributed by atoms with Crippen LogP contribution in [0.15, 0.2) is 18.2 Å². The molecule has 0 heterocycles. The van der Waals surface area contributed by atoms with E-state index in [1.54, 1.807) is 0 Å². The van der Waals surface area contributed by atoms with Gasteiger partial charge < -0.3 is 10.6 Å². The molecular formula is C14H23FN2. The Morgan fingerprint density at radius 3 is 2.35 bits per heavy atom. The maximum Gasteiger partial charge on any atom is 0.123 e. The molecule has 0 saturated carbocycles. The lowest BCUT2D eigenvalue weighted by atomic mass is 9.84. The second kappa shape index (κ2) is 5.15. The van der Waals surface area contributed by atoms with Crippen molar-refractivity contribution in [3.8, 4) is 0 Å². The fourth-order valence-electron chi connectivity index (χ4n) is 2.12. The Morgan fingerprint density at radius 2 is 1.94 bits per heavy atom. The highest BCUT2D eigenvalue weighted by atomic mass is 19.1. The van der Waals surface area contributed by atoms with E-state index < -0.39 is 0 Å². The average molecular weight is 238 g/mol. The summed E-state index contributed by atoms with van der Waals surface area (Å²) < 4.78 is 13.4. The summed E-state index contributed by atoms with van der Waals surface area (Å²) in [5, 5.41) is 0. The van der Waals surface area contributed by atoms with Gasteiger partial charge in [-0.2, -0.15) is 0 Å². The summed E-state index contributed by atoms with van der Waals surface area (Å²) in [6.07, 6.45) is 0.913. The zero-order valence-corrected chi connectivity index (χ0v) is 11.4. The Morgan fingerprint density at radius 1 is 1.35 bits per heavy atom. The van der Waals surface area contributed by atoms with E-state index in [0.717, 1.165) is 17.5 Å². The molecule has 2 nitrogen and oxygen atoms in total. The first-order valence-corrected chi connectivity index (χ1v) is 6.01. The number of halogens is 1. The maximum absolute atomic E-state index is 13.4. The first-order valence-electron chi connectivity index (χ1n) is 6.01. The van der Waals surface area contributed by atoms with Crippen molar-refractivity contribution < 1.29 is 4.39 Å². The van der Waals surface area contributed by atoms with Crippen LogP contribution in [0.5, 0.6) is 0 Å². The monoisotopic (exact) mass is 238 g/mol. The topological polar surface area (TPSA) is 29.3 Å². The SMILES string of the molecule is CCC(C)(C(N)c1cc(C)cc(F)c1)N(C)C. The largest absolute Gasteiger partial charge is 0.322 e. The fourth-order valence-corrected chi connectivity index (χ4v) is 2.12. The molecule has 0 fully saturated rings. The first-order chi connectivity index (χ1) is 7.81.